The van der Waals surface area contributed by atoms with E-state index in [9.17, 15) is 9.59 Å². The van der Waals surface area contributed by atoms with Crippen molar-refractivity contribution >= 4 is 11.8 Å². The average molecular weight is 346 g/mol. The molecule has 0 spiro atoms. The number of hydrogen-bond donors (Lipinski definition) is 0. The van der Waals surface area contributed by atoms with Crippen molar-refractivity contribution in [3.63, 3.8) is 0 Å². The molecule has 1 aliphatic heterocycles. The summed E-state index contributed by atoms with van der Waals surface area (Å²) < 4.78 is 6.89. The van der Waals surface area contributed by atoms with Crippen LogP contribution in [0.3, 0.4) is 0 Å². The van der Waals surface area contributed by atoms with Crippen LogP contribution in [0, 0.1) is 13.8 Å². The van der Waals surface area contributed by atoms with Crippen LogP contribution in [0.5, 0.6) is 0 Å². The summed E-state index contributed by atoms with van der Waals surface area (Å²) >= 11 is 0. The third kappa shape index (κ3) is 3.86. The highest BCUT2D eigenvalue weighted by Crippen LogP contribution is 2.26. The van der Waals surface area contributed by atoms with E-state index in [4.69, 9.17) is 4.52 Å². The topological polar surface area (TPSA) is 97.4 Å². The minimum Gasteiger partial charge on any atom is -0.339 e. The molecule has 1 unspecified atom stereocenters. The quantitative estimate of drug-likeness (QED) is 0.812. The second-order valence-electron chi connectivity index (χ2n) is 6.29. The van der Waals surface area contributed by atoms with Crippen LogP contribution >= 0.6 is 0 Å². The lowest BCUT2D eigenvalue weighted by molar-refractivity contribution is -0.134. The predicted molar refractivity (Wildman–Crippen MR) is 87.3 cm³/mol. The molecule has 25 heavy (non-hydrogen) atoms. The Labute approximate surface area is 145 Å². The van der Waals surface area contributed by atoms with Crippen molar-refractivity contribution in [3.05, 3.63) is 29.7 Å². The number of carbonyl (C=O) groups excluding carboxylic acids is 2. The van der Waals surface area contributed by atoms with Gasteiger partial charge in [-0.3, -0.25) is 14.3 Å². The van der Waals surface area contributed by atoms with Gasteiger partial charge >= 0.3 is 0 Å². The Morgan fingerprint density at radius 1 is 1.28 bits per heavy atom. The minimum atomic E-state index is -0.302. The first kappa shape index (κ1) is 17.1. The summed E-state index contributed by atoms with van der Waals surface area (Å²) in [5.41, 5.74) is 1.01. The van der Waals surface area contributed by atoms with Crippen molar-refractivity contribution in [2.24, 2.45) is 0 Å². The molecule has 1 atom stereocenters. The Balaban J connectivity index is 1.71. The van der Waals surface area contributed by atoms with Gasteiger partial charge in [-0.05, 0) is 25.8 Å². The first-order chi connectivity index (χ1) is 11.9. The van der Waals surface area contributed by atoms with Gasteiger partial charge < -0.3 is 14.3 Å². The number of rotatable bonds is 3. The SMILES string of the molecule is CC(=O)N1CCN(C(=O)Cn2cc(C)cn2)CCC1c1nc(C)no1. The van der Waals surface area contributed by atoms with Gasteiger partial charge in [-0.15, -0.1) is 0 Å². The number of aryl methyl sites for hydroxylation is 2. The van der Waals surface area contributed by atoms with Crippen molar-refractivity contribution in [2.45, 2.75) is 39.8 Å². The third-order valence-corrected chi connectivity index (χ3v) is 4.30. The number of hydrogen-bond acceptors (Lipinski definition) is 6. The summed E-state index contributed by atoms with van der Waals surface area (Å²) in [4.78, 5) is 32.3. The fraction of sp³-hybridized carbons (Fsp3) is 0.562. The summed E-state index contributed by atoms with van der Waals surface area (Å²) in [5, 5.41) is 7.97. The Morgan fingerprint density at radius 3 is 2.68 bits per heavy atom. The summed E-state index contributed by atoms with van der Waals surface area (Å²) in [6.45, 7) is 6.81. The van der Waals surface area contributed by atoms with Gasteiger partial charge in [0.25, 0.3) is 0 Å². The zero-order valence-corrected chi connectivity index (χ0v) is 14.7. The van der Waals surface area contributed by atoms with Crippen molar-refractivity contribution in [1.29, 1.82) is 0 Å². The first-order valence-electron chi connectivity index (χ1n) is 8.28. The van der Waals surface area contributed by atoms with Crippen LogP contribution in [0.25, 0.3) is 0 Å². The molecule has 9 heteroatoms. The summed E-state index contributed by atoms with van der Waals surface area (Å²) in [7, 11) is 0. The molecule has 0 aliphatic carbocycles. The number of carbonyl (C=O) groups is 2. The van der Waals surface area contributed by atoms with E-state index in [1.807, 2.05) is 13.1 Å². The van der Waals surface area contributed by atoms with E-state index in [2.05, 4.69) is 15.2 Å². The lowest BCUT2D eigenvalue weighted by atomic mass is 10.1. The smallest absolute Gasteiger partial charge is 0.249 e. The molecule has 0 aromatic carbocycles. The molecule has 9 nitrogen and oxygen atoms in total. The molecule has 1 aliphatic rings. The molecule has 3 heterocycles. The van der Waals surface area contributed by atoms with E-state index in [-0.39, 0.29) is 24.4 Å². The lowest BCUT2D eigenvalue weighted by Crippen LogP contribution is -2.38. The molecular weight excluding hydrogens is 324 g/mol. The highest BCUT2D eigenvalue weighted by atomic mass is 16.5. The van der Waals surface area contributed by atoms with Crippen LogP contribution in [0.2, 0.25) is 0 Å². The fourth-order valence-electron chi connectivity index (χ4n) is 3.05. The number of amides is 2. The molecule has 0 N–H and O–H groups in total. The zero-order valence-electron chi connectivity index (χ0n) is 14.7. The van der Waals surface area contributed by atoms with Gasteiger partial charge in [-0.2, -0.15) is 10.1 Å². The van der Waals surface area contributed by atoms with Gasteiger partial charge in [0.2, 0.25) is 17.7 Å². The Kier molecular flexibility index (Phi) is 4.82. The molecule has 2 amide bonds. The van der Waals surface area contributed by atoms with Gasteiger partial charge in [0.05, 0.1) is 6.20 Å². The fourth-order valence-corrected chi connectivity index (χ4v) is 3.05. The van der Waals surface area contributed by atoms with Crippen molar-refractivity contribution in [2.75, 3.05) is 19.6 Å². The van der Waals surface area contributed by atoms with E-state index in [0.29, 0.717) is 37.8 Å². The largest absolute Gasteiger partial charge is 0.339 e. The van der Waals surface area contributed by atoms with Gasteiger partial charge in [-0.25, -0.2) is 0 Å². The standard InChI is InChI=1S/C16H22N6O3/c1-11-8-17-21(9-11)10-15(24)20-5-4-14(16-18-12(2)19-25-16)22(7-6-20)13(3)23/h8-9,14H,4-7,10H2,1-3H3. The van der Waals surface area contributed by atoms with Crippen LogP contribution < -0.4 is 0 Å². The van der Waals surface area contributed by atoms with E-state index < -0.39 is 0 Å². The molecule has 1 saturated heterocycles. The van der Waals surface area contributed by atoms with Crippen molar-refractivity contribution < 1.29 is 14.1 Å². The maximum atomic E-state index is 12.6. The molecule has 2 aromatic heterocycles. The zero-order chi connectivity index (χ0) is 18.0. The second-order valence-corrected chi connectivity index (χ2v) is 6.29. The van der Waals surface area contributed by atoms with Crippen LogP contribution in [0.1, 0.15) is 36.7 Å². The number of nitrogens with zero attached hydrogens (tertiary/aromatic N) is 6. The lowest BCUT2D eigenvalue weighted by Gasteiger charge is -2.25. The molecule has 0 saturated carbocycles. The highest BCUT2D eigenvalue weighted by Gasteiger charge is 2.32. The second kappa shape index (κ2) is 7.04. The molecule has 3 rings (SSSR count). The summed E-state index contributed by atoms with van der Waals surface area (Å²) in [6, 6.07) is -0.302. The predicted octanol–water partition coefficient (Wildman–Crippen LogP) is 0.705. The molecular formula is C16H22N6O3. The Bertz CT molecular complexity index is 768. The molecule has 2 aromatic rings. The van der Waals surface area contributed by atoms with Gasteiger partial charge in [0, 0.05) is 32.8 Å². The van der Waals surface area contributed by atoms with Gasteiger partial charge in [0.15, 0.2) is 5.82 Å². The third-order valence-electron chi connectivity index (χ3n) is 4.30. The van der Waals surface area contributed by atoms with E-state index in [0.717, 1.165) is 5.56 Å². The van der Waals surface area contributed by atoms with Crippen LogP contribution in [0.4, 0.5) is 0 Å². The van der Waals surface area contributed by atoms with Crippen LogP contribution in [0.15, 0.2) is 16.9 Å². The Morgan fingerprint density at radius 2 is 2.08 bits per heavy atom. The van der Waals surface area contributed by atoms with E-state index >= 15 is 0 Å². The van der Waals surface area contributed by atoms with Crippen molar-refractivity contribution in [3.8, 4) is 0 Å². The first-order valence-corrected chi connectivity index (χ1v) is 8.28. The van der Waals surface area contributed by atoms with Crippen molar-refractivity contribution in [1.82, 2.24) is 29.7 Å². The molecule has 134 valence electrons. The molecule has 0 bridgehead atoms. The maximum absolute atomic E-state index is 12.6. The molecule has 1 fully saturated rings. The van der Waals surface area contributed by atoms with E-state index in [1.54, 1.807) is 27.6 Å². The normalized spacial score (nSPS) is 18.3. The van der Waals surface area contributed by atoms with E-state index in [1.165, 1.54) is 6.92 Å². The Hall–Kier alpha value is -2.71. The average Bonchev–Trinajstić information content (AvgIpc) is 3.08. The monoisotopic (exact) mass is 346 g/mol. The number of aromatic nitrogens is 4. The molecule has 0 radical (unpaired) electrons. The maximum Gasteiger partial charge on any atom is 0.249 e. The minimum absolute atomic E-state index is 0.0195. The highest BCUT2D eigenvalue weighted by molar-refractivity contribution is 5.76. The van der Waals surface area contributed by atoms with Gasteiger partial charge in [0.1, 0.15) is 12.6 Å². The van der Waals surface area contributed by atoms with Gasteiger partial charge in [-0.1, -0.05) is 5.16 Å². The van der Waals surface area contributed by atoms with Crippen LogP contribution in [-0.4, -0.2) is 61.2 Å². The summed E-state index contributed by atoms with van der Waals surface area (Å²) in [5.74, 6) is 0.862. The summed E-state index contributed by atoms with van der Waals surface area (Å²) in [6.07, 6.45) is 4.12. The van der Waals surface area contributed by atoms with Crippen LogP contribution in [-0.2, 0) is 16.1 Å².